The van der Waals surface area contributed by atoms with E-state index in [2.05, 4.69) is 15.0 Å². The molecule has 0 spiro atoms. The molecule has 0 aliphatic heterocycles. The van der Waals surface area contributed by atoms with Crippen LogP contribution in [0.1, 0.15) is 35.4 Å². The average Bonchev–Trinajstić information content (AvgIpc) is 3.09. The normalized spacial score (nSPS) is 14.9. The first kappa shape index (κ1) is 12.0. The van der Waals surface area contributed by atoms with E-state index in [-0.39, 0.29) is 0 Å². The molecule has 2 N–H and O–H groups in total. The molecule has 0 unspecified atom stereocenters. The summed E-state index contributed by atoms with van der Waals surface area (Å²) in [5.74, 6) is 0.387. The molecule has 2 rings (SSSR count). The van der Waals surface area contributed by atoms with Crippen molar-refractivity contribution in [2.75, 3.05) is 13.7 Å². The number of hydrogen-bond acceptors (Lipinski definition) is 5. The maximum Gasteiger partial charge on any atom is 0.360 e. The second-order valence-corrected chi connectivity index (χ2v) is 4.37. The van der Waals surface area contributed by atoms with Gasteiger partial charge in [0.25, 0.3) is 0 Å². The Balaban J connectivity index is 2.12. The number of nitrogens with two attached hydrogens (primary N) is 1. The van der Waals surface area contributed by atoms with Gasteiger partial charge in [-0.1, -0.05) is 18.1 Å². The number of methoxy groups -OCH3 is 1. The zero-order valence-corrected chi connectivity index (χ0v) is 10.1. The van der Waals surface area contributed by atoms with Crippen molar-refractivity contribution in [3.05, 3.63) is 11.4 Å². The zero-order valence-electron chi connectivity index (χ0n) is 10.1. The molecule has 0 radical (unpaired) electrons. The highest BCUT2D eigenvalue weighted by atomic mass is 16.5. The van der Waals surface area contributed by atoms with Gasteiger partial charge in [0.2, 0.25) is 0 Å². The standard InChI is InChI=1S/C11H18N4O2/c1-17-11(16)10-9(4-6-12)15(14-13-10)7-5-8-2-3-8/h8H,2-7,12H2,1H3. The average molecular weight is 238 g/mol. The Morgan fingerprint density at radius 1 is 1.59 bits per heavy atom. The number of carbonyl (C=O) groups is 1. The summed E-state index contributed by atoms with van der Waals surface area (Å²) >= 11 is 0. The highest BCUT2D eigenvalue weighted by Gasteiger charge is 2.23. The maximum absolute atomic E-state index is 11.5. The van der Waals surface area contributed by atoms with E-state index >= 15 is 0 Å². The van der Waals surface area contributed by atoms with Gasteiger partial charge in [0.05, 0.1) is 12.8 Å². The second-order valence-electron chi connectivity index (χ2n) is 4.37. The molecular weight excluding hydrogens is 220 g/mol. The SMILES string of the molecule is COC(=O)c1nnn(CCC2CC2)c1CCN. The van der Waals surface area contributed by atoms with Crippen molar-refractivity contribution < 1.29 is 9.53 Å². The third-order valence-electron chi connectivity index (χ3n) is 3.04. The molecule has 6 heteroatoms. The first-order valence-electron chi connectivity index (χ1n) is 5.97. The summed E-state index contributed by atoms with van der Waals surface area (Å²) in [4.78, 5) is 11.5. The van der Waals surface area contributed by atoms with Crippen LogP contribution >= 0.6 is 0 Å². The van der Waals surface area contributed by atoms with Crippen LogP contribution in [-0.4, -0.2) is 34.6 Å². The van der Waals surface area contributed by atoms with E-state index in [4.69, 9.17) is 5.73 Å². The Bertz CT molecular complexity index is 398. The molecule has 0 atom stereocenters. The van der Waals surface area contributed by atoms with Crippen molar-refractivity contribution in [2.24, 2.45) is 11.7 Å². The van der Waals surface area contributed by atoms with Gasteiger partial charge in [0.15, 0.2) is 5.69 Å². The van der Waals surface area contributed by atoms with E-state index < -0.39 is 5.97 Å². The number of esters is 1. The summed E-state index contributed by atoms with van der Waals surface area (Å²) in [5.41, 5.74) is 6.64. The molecule has 1 heterocycles. The number of aromatic nitrogens is 3. The molecule has 94 valence electrons. The summed E-state index contributed by atoms with van der Waals surface area (Å²) in [6.07, 6.45) is 4.32. The largest absolute Gasteiger partial charge is 0.464 e. The van der Waals surface area contributed by atoms with E-state index in [1.54, 1.807) is 4.68 Å². The van der Waals surface area contributed by atoms with Crippen LogP contribution in [0.5, 0.6) is 0 Å². The van der Waals surface area contributed by atoms with Crippen molar-refractivity contribution in [3.8, 4) is 0 Å². The monoisotopic (exact) mass is 238 g/mol. The van der Waals surface area contributed by atoms with E-state index in [0.29, 0.717) is 18.7 Å². The molecule has 1 aliphatic carbocycles. The van der Waals surface area contributed by atoms with Crippen LogP contribution in [0, 0.1) is 5.92 Å². The lowest BCUT2D eigenvalue weighted by Crippen LogP contribution is -2.14. The minimum atomic E-state index is -0.439. The Morgan fingerprint density at radius 2 is 2.35 bits per heavy atom. The van der Waals surface area contributed by atoms with E-state index in [1.165, 1.54) is 20.0 Å². The van der Waals surface area contributed by atoms with Gasteiger partial charge in [0.1, 0.15) is 0 Å². The molecule has 1 aliphatic rings. The number of carbonyl (C=O) groups excluding carboxylic acids is 1. The fourth-order valence-corrected chi connectivity index (χ4v) is 1.86. The number of nitrogens with zero attached hydrogens (tertiary/aromatic N) is 3. The Hall–Kier alpha value is -1.43. The first-order valence-corrected chi connectivity index (χ1v) is 5.97. The fraction of sp³-hybridized carbons (Fsp3) is 0.727. The minimum absolute atomic E-state index is 0.300. The van der Waals surface area contributed by atoms with E-state index in [0.717, 1.165) is 24.6 Å². The third kappa shape index (κ3) is 2.82. The van der Waals surface area contributed by atoms with Gasteiger partial charge < -0.3 is 10.5 Å². The molecular formula is C11H18N4O2. The van der Waals surface area contributed by atoms with Crippen LogP contribution in [0.15, 0.2) is 0 Å². The Kier molecular flexibility index (Phi) is 3.73. The molecule has 0 bridgehead atoms. The maximum atomic E-state index is 11.5. The van der Waals surface area contributed by atoms with E-state index in [9.17, 15) is 4.79 Å². The van der Waals surface area contributed by atoms with Crippen molar-refractivity contribution >= 4 is 5.97 Å². The summed E-state index contributed by atoms with van der Waals surface area (Å²) in [6, 6.07) is 0. The second kappa shape index (κ2) is 5.27. The van der Waals surface area contributed by atoms with Crippen LogP contribution in [0.2, 0.25) is 0 Å². The van der Waals surface area contributed by atoms with Crippen LogP contribution in [0.4, 0.5) is 0 Å². The predicted molar refractivity (Wildman–Crippen MR) is 61.5 cm³/mol. The lowest BCUT2D eigenvalue weighted by atomic mass is 10.2. The molecule has 1 aromatic heterocycles. The molecule has 1 fully saturated rings. The quantitative estimate of drug-likeness (QED) is 0.724. The molecule has 1 saturated carbocycles. The summed E-state index contributed by atoms with van der Waals surface area (Å²) in [7, 11) is 1.35. The molecule has 0 saturated heterocycles. The smallest absolute Gasteiger partial charge is 0.360 e. The van der Waals surface area contributed by atoms with Gasteiger partial charge in [-0.3, -0.25) is 0 Å². The summed E-state index contributed by atoms with van der Waals surface area (Å²) < 4.78 is 6.47. The van der Waals surface area contributed by atoms with Crippen molar-refractivity contribution in [1.29, 1.82) is 0 Å². The van der Waals surface area contributed by atoms with Crippen LogP contribution in [-0.2, 0) is 17.7 Å². The number of rotatable bonds is 6. The molecule has 0 aromatic carbocycles. The summed E-state index contributed by atoms with van der Waals surface area (Å²) in [6.45, 7) is 1.28. The number of ether oxygens (including phenoxy) is 1. The lowest BCUT2D eigenvalue weighted by Gasteiger charge is -2.05. The number of aryl methyl sites for hydroxylation is 1. The van der Waals surface area contributed by atoms with Crippen molar-refractivity contribution in [3.63, 3.8) is 0 Å². The van der Waals surface area contributed by atoms with Crippen molar-refractivity contribution in [1.82, 2.24) is 15.0 Å². The molecule has 6 nitrogen and oxygen atoms in total. The van der Waals surface area contributed by atoms with Gasteiger partial charge in [-0.25, -0.2) is 9.48 Å². The van der Waals surface area contributed by atoms with E-state index in [1.807, 2.05) is 0 Å². The van der Waals surface area contributed by atoms with Gasteiger partial charge in [-0.2, -0.15) is 0 Å². The summed E-state index contributed by atoms with van der Waals surface area (Å²) in [5, 5.41) is 7.90. The Morgan fingerprint density at radius 3 is 2.94 bits per heavy atom. The zero-order chi connectivity index (χ0) is 12.3. The fourth-order valence-electron chi connectivity index (χ4n) is 1.86. The predicted octanol–water partition coefficient (Wildman–Crippen LogP) is 0.366. The van der Waals surface area contributed by atoms with Gasteiger partial charge in [-0.05, 0) is 18.9 Å². The van der Waals surface area contributed by atoms with Crippen LogP contribution in [0.3, 0.4) is 0 Å². The van der Waals surface area contributed by atoms with Gasteiger partial charge in [-0.15, -0.1) is 5.10 Å². The highest BCUT2D eigenvalue weighted by Crippen LogP contribution is 2.32. The van der Waals surface area contributed by atoms with Crippen LogP contribution < -0.4 is 5.73 Å². The lowest BCUT2D eigenvalue weighted by molar-refractivity contribution is 0.0592. The highest BCUT2D eigenvalue weighted by molar-refractivity contribution is 5.88. The topological polar surface area (TPSA) is 83.0 Å². The molecule has 0 amide bonds. The molecule has 17 heavy (non-hydrogen) atoms. The third-order valence-corrected chi connectivity index (χ3v) is 3.04. The molecule has 1 aromatic rings. The van der Waals surface area contributed by atoms with Gasteiger partial charge >= 0.3 is 5.97 Å². The Labute approximate surface area is 100 Å². The van der Waals surface area contributed by atoms with Gasteiger partial charge in [0, 0.05) is 13.0 Å². The first-order chi connectivity index (χ1) is 8.26. The van der Waals surface area contributed by atoms with Crippen molar-refractivity contribution in [2.45, 2.75) is 32.2 Å². The van der Waals surface area contributed by atoms with Crippen LogP contribution in [0.25, 0.3) is 0 Å². The number of hydrogen-bond donors (Lipinski definition) is 1. The minimum Gasteiger partial charge on any atom is -0.464 e.